The van der Waals surface area contributed by atoms with Crippen molar-refractivity contribution in [3.63, 3.8) is 0 Å². The number of nitrogens with two attached hydrogens (primary N) is 1. The van der Waals surface area contributed by atoms with Gasteiger partial charge in [-0.25, -0.2) is 0 Å². The molecule has 0 aliphatic rings. The first-order chi connectivity index (χ1) is 8.33. The first kappa shape index (κ1) is 15.9. The third-order valence-electron chi connectivity index (χ3n) is 1.95. The number of hydrogen-bond donors (Lipinski definition) is 1. The van der Waals surface area contributed by atoms with Crippen molar-refractivity contribution in [3.8, 4) is 5.75 Å². The van der Waals surface area contributed by atoms with Gasteiger partial charge in [-0.3, -0.25) is 0 Å². The zero-order valence-corrected chi connectivity index (χ0v) is 10.9. The van der Waals surface area contributed by atoms with Crippen LogP contribution in [0.1, 0.15) is 5.56 Å². The highest BCUT2D eigenvalue weighted by molar-refractivity contribution is 5.26. The molecule has 0 spiro atoms. The summed E-state index contributed by atoms with van der Waals surface area (Å²) >= 11 is 0. The van der Waals surface area contributed by atoms with Crippen LogP contribution in [-0.4, -0.2) is 40.6 Å². The van der Waals surface area contributed by atoms with Crippen LogP contribution in [0.5, 0.6) is 5.75 Å². The molecule has 1 aromatic carbocycles. The van der Waals surface area contributed by atoms with Gasteiger partial charge in [0.05, 0.1) is 19.8 Å². The zero-order chi connectivity index (χ0) is 12.9. The summed E-state index contributed by atoms with van der Waals surface area (Å²) in [5.74, 6) is 0.885. The van der Waals surface area contributed by atoms with Crippen LogP contribution in [0, 0.1) is 6.92 Å². The first-order valence-electron chi connectivity index (χ1n) is 5.67. The fourth-order valence-corrected chi connectivity index (χ4v) is 1.10. The standard InChI is InChI=1S/C12H18O3.CH5N/c1-11-3-5-12(6-4-11)15-10-9-14-8-7-13-2;1-2/h3-6H,7-10H2,1-2H3;2H2,1H3. The third-order valence-corrected chi connectivity index (χ3v) is 1.95. The normalized spacial score (nSPS) is 9.41. The number of methoxy groups -OCH3 is 1. The summed E-state index contributed by atoms with van der Waals surface area (Å²) in [7, 11) is 3.16. The van der Waals surface area contributed by atoms with Crippen LogP contribution < -0.4 is 10.5 Å². The maximum Gasteiger partial charge on any atom is 0.119 e. The van der Waals surface area contributed by atoms with Crippen LogP contribution >= 0.6 is 0 Å². The van der Waals surface area contributed by atoms with Crippen molar-refractivity contribution < 1.29 is 14.2 Å². The van der Waals surface area contributed by atoms with E-state index in [4.69, 9.17) is 14.2 Å². The number of aryl methyl sites for hydroxylation is 1. The molecule has 0 bridgehead atoms. The van der Waals surface area contributed by atoms with Crippen molar-refractivity contribution in [2.75, 3.05) is 40.6 Å². The number of hydrogen-bond acceptors (Lipinski definition) is 4. The van der Waals surface area contributed by atoms with Gasteiger partial charge >= 0.3 is 0 Å². The lowest BCUT2D eigenvalue weighted by Gasteiger charge is -2.06. The Bertz CT molecular complexity index is 262. The molecule has 0 heterocycles. The first-order valence-corrected chi connectivity index (χ1v) is 5.67. The third kappa shape index (κ3) is 8.68. The molecule has 0 saturated heterocycles. The minimum atomic E-state index is 0.576. The average Bonchev–Trinajstić information content (AvgIpc) is 2.38. The molecule has 4 nitrogen and oxygen atoms in total. The molecule has 1 aromatic rings. The van der Waals surface area contributed by atoms with Crippen molar-refractivity contribution in [2.24, 2.45) is 5.73 Å². The smallest absolute Gasteiger partial charge is 0.119 e. The van der Waals surface area contributed by atoms with Gasteiger partial charge in [0.15, 0.2) is 0 Å². The second-order valence-electron chi connectivity index (χ2n) is 3.27. The Morgan fingerprint density at radius 2 is 1.53 bits per heavy atom. The quantitative estimate of drug-likeness (QED) is 0.737. The highest BCUT2D eigenvalue weighted by Crippen LogP contribution is 2.10. The summed E-state index contributed by atoms with van der Waals surface area (Å²) in [6.45, 7) is 4.47. The van der Waals surface area contributed by atoms with Crippen molar-refractivity contribution in [1.82, 2.24) is 0 Å². The SMILES string of the molecule is CN.COCCOCCOc1ccc(C)cc1. The van der Waals surface area contributed by atoms with Gasteiger partial charge in [-0.1, -0.05) is 17.7 Å². The fourth-order valence-electron chi connectivity index (χ4n) is 1.10. The van der Waals surface area contributed by atoms with Crippen LogP contribution in [-0.2, 0) is 9.47 Å². The number of ether oxygens (including phenoxy) is 3. The molecule has 0 aliphatic carbocycles. The molecule has 0 unspecified atom stereocenters. The van der Waals surface area contributed by atoms with Gasteiger partial charge < -0.3 is 19.9 Å². The Labute approximate surface area is 104 Å². The lowest BCUT2D eigenvalue weighted by atomic mass is 10.2. The predicted molar refractivity (Wildman–Crippen MR) is 69.5 cm³/mol. The minimum Gasteiger partial charge on any atom is -0.491 e. The van der Waals surface area contributed by atoms with Crippen LogP contribution in [0.3, 0.4) is 0 Å². The zero-order valence-electron chi connectivity index (χ0n) is 10.9. The Kier molecular flexibility index (Phi) is 10.7. The summed E-state index contributed by atoms with van der Waals surface area (Å²) < 4.78 is 15.6. The molecule has 0 aromatic heterocycles. The van der Waals surface area contributed by atoms with E-state index in [1.807, 2.05) is 24.3 Å². The molecule has 2 N–H and O–H groups in total. The topological polar surface area (TPSA) is 53.7 Å². The monoisotopic (exact) mass is 241 g/mol. The number of rotatable bonds is 7. The molecule has 0 aliphatic heterocycles. The molecule has 0 radical (unpaired) electrons. The number of benzene rings is 1. The molecule has 0 saturated carbocycles. The molecule has 98 valence electrons. The average molecular weight is 241 g/mol. The van der Waals surface area contributed by atoms with E-state index in [1.165, 1.54) is 12.6 Å². The highest BCUT2D eigenvalue weighted by atomic mass is 16.5. The maximum absolute atomic E-state index is 5.48. The molecule has 4 heteroatoms. The lowest BCUT2D eigenvalue weighted by Crippen LogP contribution is -2.09. The van der Waals surface area contributed by atoms with E-state index >= 15 is 0 Å². The molecular weight excluding hydrogens is 218 g/mol. The van der Waals surface area contributed by atoms with Gasteiger partial charge in [0.1, 0.15) is 12.4 Å². The second-order valence-corrected chi connectivity index (χ2v) is 3.27. The largest absolute Gasteiger partial charge is 0.491 e. The van der Waals surface area contributed by atoms with Crippen LogP contribution in [0.25, 0.3) is 0 Å². The summed E-state index contributed by atoms with van der Waals surface area (Å²) in [5, 5.41) is 0. The Morgan fingerprint density at radius 3 is 2.12 bits per heavy atom. The van der Waals surface area contributed by atoms with E-state index in [-0.39, 0.29) is 0 Å². The summed E-state index contributed by atoms with van der Waals surface area (Å²) in [4.78, 5) is 0. The highest BCUT2D eigenvalue weighted by Gasteiger charge is 1.93. The Hall–Kier alpha value is -1.10. The minimum absolute atomic E-state index is 0.576. The van der Waals surface area contributed by atoms with Gasteiger partial charge in [-0.2, -0.15) is 0 Å². The Balaban J connectivity index is 0.00000121. The van der Waals surface area contributed by atoms with E-state index in [9.17, 15) is 0 Å². The Morgan fingerprint density at radius 1 is 0.941 bits per heavy atom. The van der Waals surface area contributed by atoms with Gasteiger partial charge in [0, 0.05) is 7.11 Å². The van der Waals surface area contributed by atoms with Crippen molar-refractivity contribution in [2.45, 2.75) is 6.92 Å². The van der Waals surface area contributed by atoms with Crippen molar-refractivity contribution >= 4 is 0 Å². The van der Waals surface area contributed by atoms with E-state index in [0.717, 1.165) is 5.75 Å². The van der Waals surface area contributed by atoms with Crippen LogP contribution in [0.2, 0.25) is 0 Å². The lowest BCUT2D eigenvalue weighted by molar-refractivity contribution is 0.0544. The second kappa shape index (κ2) is 11.4. The van der Waals surface area contributed by atoms with Gasteiger partial charge in [0.25, 0.3) is 0 Å². The van der Waals surface area contributed by atoms with Crippen LogP contribution in [0.15, 0.2) is 24.3 Å². The van der Waals surface area contributed by atoms with E-state index in [0.29, 0.717) is 26.4 Å². The summed E-state index contributed by atoms with van der Waals surface area (Å²) in [6.07, 6.45) is 0. The van der Waals surface area contributed by atoms with Crippen molar-refractivity contribution in [3.05, 3.63) is 29.8 Å². The molecule has 1 rings (SSSR count). The summed E-state index contributed by atoms with van der Waals surface area (Å²) in [6, 6.07) is 7.98. The molecular formula is C13H23NO3. The predicted octanol–water partition coefficient (Wildman–Crippen LogP) is 1.61. The summed E-state index contributed by atoms with van der Waals surface area (Å²) in [5.41, 5.74) is 5.73. The molecule has 0 atom stereocenters. The van der Waals surface area contributed by atoms with E-state index in [2.05, 4.69) is 12.7 Å². The van der Waals surface area contributed by atoms with Crippen molar-refractivity contribution in [1.29, 1.82) is 0 Å². The van der Waals surface area contributed by atoms with Gasteiger partial charge in [0.2, 0.25) is 0 Å². The van der Waals surface area contributed by atoms with E-state index < -0.39 is 0 Å². The fraction of sp³-hybridized carbons (Fsp3) is 0.538. The van der Waals surface area contributed by atoms with Gasteiger partial charge in [-0.05, 0) is 26.1 Å². The molecule has 17 heavy (non-hydrogen) atoms. The van der Waals surface area contributed by atoms with Crippen LogP contribution in [0.4, 0.5) is 0 Å². The van der Waals surface area contributed by atoms with Gasteiger partial charge in [-0.15, -0.1) is 0 Å². The van der Waals surface area contributed by atoms with E-state index in [1.54, 1.807) is 7.11 Å². The molecule has 0 fully saturated rings. The molecule has 0 amide bonds. The maximum atomic E-state index is 5.48.